The van der Waals surface area contributed by atoms with Gasteiger partial charge in [0.1, 0.15) is 12.3 Å². The van der Waals surface area contributed by atoms with Crippen LogP contribution in [0.4, 0.5) is 0 Å². The molecule has 0 aromatic heterocycles. The van der Waals surface area contributed by atoms with Gasteiger partial charge in [0.25, 0.3) is 0 Å². The van der Waals surface area contributed by atoms with Gasteiger partial charge in [-0.05, 0) is 42.0 Å². The summed E-state index contributed by atoms with van der Waals surface area (Å²) < 4.78 is 5.09. The Kier molecular flexibility index (Phi) is 5.23. The molecule has 0 saturated heterocycles. The molecule has 0 aliphatic heterocycles. The van der Waals surface area contributed by atoms with E-state index in [1.165, 1.54) is 0 Å². The number of benzene rings is 2. The Morgan fingerprint density at radius 3 is 2.70 bits per heavy atom. The number of methoxy groups -OCH3 is 1. The third kappa shape index (κ3) is 4.46. The molecule has 20 heavy (non-hydrogen) atoms. The molecule has 0 radical (unpaired) electrons. The lowest BCUT2D eigenvalue weighted by Crippen LogP contribution is -1.83. The summed E-state index contributed by atoms with van der Waals surface area (Å²) in [6, 6.07) is 15.2. The molecule has 0 unspecified atom stereocenters. The maximum absolute atomic E-state index is 5.89. The number of rotatable bonds is 3. The lowest BCUT2D eigenvalue weighted by atomic mass is 10.2. The molecule has 2 aromatic rings. The molecule has 2 rings (SSSR count). The first-order valence-corrected chi connectivity index (χ1v) is 6.54. The maximum Gasteiger partial charge on any atom is 0.118 e. The zero-order valence-electron chi connectivity index (χ0n) is 11.1. The van der Waals surface area contributed by atoms with Gasteiger partial charge < -0.3 is 4.74 Å². The molecule has 0 spiro atoms. The van der Waals surface area contributed by atoms with Gasteiger partial charge in [-0.2, -0.15) is 0 Å². The Balaban J connectivity index is 1.91. The fraction of sp³-hybridized carbons (Fsp3) is 0.118. The predicted octanol–water partition coefficient (Wildman–Crippen LogP) is 3.82. The van der Waals surface area contributed by atoms with Crippen molar-refractivity contribution < 1.29 is 4.74 Å². The van der Waals surface area contributed by atoms with Crippen LogP contribution in [0.15, 0.2) is 53.5 Å². The largest absolute Gasteiger partial charge is 0.497 e. The van der Waals surface area contributed by atoms with Gasteiger partial charge in [-0.15, -0.1) is 0 Å². The highest BCUT2D eigenvalue weighted by atomic mass is 35.5. The third-order valence-electron chi connectivity index (χ3n) is 2.58. The standard InChI is InChI=1S/C17H14ClNO/c1-20-17-9-7-14(8-10-17)5-3-11-19-13-15-4-2-6-16(18)12-15/h2,4,6-10,12-13H,11H2,1H3. The van der Waals surface area contributed by atoms with Crippen molar-refractivity contribution in [2.45, 2.75) is 0 Å². The van der Waals surface area contributed by atoms with E-state index in [1.54, 1.807) is 13.3 Å². The molecule has 0 aliphatic carbocycles. The van der Waals surface area contributed by atoms with Crippen molar-refractivity contribution in [3.63, 3.8) is 0 Å². The molecule has 0 bridgehead atoms. The first kappa shape index (κ1) is 14.2. The zero-order valence-corrected chi connectivity index (χ0v) is 11.9. The summed E-state index contributed by atoms with van der Waals surface area (Å²) >= 11 is 5.89. The highest BCUT2D eigenvalue weighted by Crippen LogP contribution is 2.10. The predicted molar refractivity (Wildman–Crippen MR) is 83.8 cm³/mol. The summed E-state index contributed by atoms with van der Waals surface area (Å²) in [5.74, 6) is 6.88. The summed E-state index contributed by atoms with van der Waals surface area (Å²) in [7, 11) is 1.64. The molecule has 0 aliphatic rings. The molecule has 0 amide bonds. The van der Waals surface area contributed by atoms with Gasteiger partial charge in [-0.25, -0.2) is 0 Å². The van der Waals surface area contributed by atoms with Gasteiger partial charge in [0.15, 0.2) is 0 Å². The maximum atomic E-state index is 5.89. The highest BCUT2D eigenvalue weighted by molar-refractivity contribution is 6.30. The second-order valence-electron chi connectivity index (χ2n) is 4.06. The molecule has 0 N–H and O–H groups in total. The number of nitrogens with zero attached hydrogens (tertiary/aromatic N) is 1. The molecule has 100 valence electrons. The highest BCUT2D eigenvalue weighted by Gasteiger charge is 1.90. The SMILES string of the molecule is COc1ccc(C#CCN=Cc2cccc(Cl)c2)cc1. The average Bonchev–Trinajstić information content (AvgIpc) is 2.48. The molecule has 0 atom stereocenters. The summed E-state index contributed by atoms with van der Waals surface area (Å²) in [4.78, 5) is 4.25. The van der Waals surface area contributed by atoms with E-state index in [0.717, 1.165) is 16.9 Å². The van der Waals surface area contributed by atoms with Crippen molar-refractivity contribution in [2.75, 3.05) is 13.7 Å². The van der Waals surface area contributed by atoms with E-state index < -0.39 is 0 Å². The van der Waals surface area contributed by atoms with E-state index in [1.807, 2.05) is 48.5 Å². The van der Waals surface area contributed by atoms with Crippen molar-refractivity contribution in [3.8, 4) is 17.6 Å². The van der Waals surface area contributed by atoms with Crippen LogP contribution >= 0.6 is 11.6 Å². The molecule has 0 fully saturated rings. The van der Waals surface area contributed by atoms with Crippen LogP contribution in [0.2, 0.25) is 5.02 Å². The molecule has 2 aromatic carbocycles. The number of ether oxygens (including phenoxy) is 1. The molecular formula is C17H14ClNO. The Morgan fingerprint density at radius 1 is 1.20 bits per heavy atom. The minimum absolute atomic E-state index is 0.457. The Morgan fingerprint density at radius 2 is 2.00 bits per heavy atom. The summed E-state index contributed by atoms with van der Waals surface area (Å²) in [6.45, 7) is 0.457. The van der Waals surface area contributed by atoms with Crippen LogP contribution in [0.3, 0.4) is 0 Å². The lowest BCUT2D eigenvalue weighted by molar-refractivity contribution is 0.415. The van der Waals surface area contributed by atoms with Crippen molar-refractivity contribution in [1.82, 2.24) is 0 Å². The third-order valence-corrected chi connectivity index (χ3v) is 2.82. The normalized spacial score (nSPS) is 10.1. The topological polar surface area (TPSA) is 21.6 Å². The van der Waals surface area contributed by atoms with E-state index in [0.29, 0.717) is 11.6 Å². The van der Waals surface area contributed by atoms with Gasteiger partial charge in [0.2, 0.25) is 0 Å². The van der Waals surface area contributed by atoms with Crippen molar-refractivity contribution in [2.24, 2.45) is 4.99 Å². The molecular weight excluding hydrogens is 270 g/mol. The van der Waals surface area contributed by atoms with Crippen molar-refractivity contribution >= 4 is 17.8 Å². The van der Waals surface area contributed by atoms with Crippen LogP contribution in [0.5, 0.6) is 5.75 Å². The first-order valence-electron chi connectivity index (χ1n) is 6.16. The second kappa shape index (κ2) is 7.37. The van der Waals surface area contributed by atoms with E-state index in [4.69, 9.17) is 16.3 Å². The summed E-state index contributed by atoms with van der Waals surface area (Å²) in [6.07, 6.45) is 1.77. The van der Waals surface area contributed by atoms with Crippen LogP contribution in [0.1, 0.15) is 11.1 Å². The van der Waals surface area contributed by atoms with Crippen LogP contribution < -0.4 is 4.74 Å². The van der Waals surface area contributed by atoms with Gasteiger partial charge in [-0.1, -0.05) is 35.6 Å². The van der Waals surface area contributed by atoms with Crippen molar-refractivity contribution in [3.05, 3.63) is 64.7 Å². The summed E-state index contributed by atoms with van der Waals surface area (Å²) in [5.41, 5.74) is 1.92. The van der Waals surface area contributed by atoms with Gasteiger partial charge >= 0.3 is 0 Å². The van der Waals surface area contributed by atoms with Crippen LogP contribution in [-0.4, -0.2) is 19.9 Å². The number of aliphatic imine (C=N–C) groups is 1. The Hall–Kier alpha value is -2.24. The van der Waals surface area contributed by atoms with E-state index >= 15 is 0 Å². The minimum atomic E-state index is 0.457. The Labute approximate surface area is 124 Å². The fourth-order valence-electron chi connectivity index (χ4n) is 1.60. The lowest BCUT2D eigenvalue weighted by Gasteiger charge is -1.97. The van der Waals surface area contributed by atoms with Gasteiger partial charge in [0, 0.05) is 16.8 Å². The number of hydrogen-bond donors (Lipinski definition) is 0. The van der Waals surface area contributed by atoms with E-state index in [9.17, 15) is 0 Å². The fourth-order valence-corrected chi connectivity index (χ4v) is 1.80. The average molecular weight is 284 g/mol. The van der Waals surface area contributed by atoms with Crippen molar-refractivity contribution in [1.29, 1.82) is 0 Å². The number of hydrogen-bond acceptors (Lipinski definition) is 2. The first-order chi connectivity index (χ1) is 9.78. The van der Waals surface area contributed by atoms with Crippen LogP contribution in [-0.2, 0) is 0 Å². The zero-order chi connectivity index (χ0) is 14.2. The van der Waals surface area contributed by atoms with Crippen LogP contribution in [0, 0.1) is 11.8 Å². The second-order valence-corrected chi connectivity index (χ2v) is 4.49. The monoisotopic (exact) mass is 283 g/mol. The summed E-state index contributed by atoms with van der Waals surface area (Å²) in [5, 5.41) is 0.707. The van der Waals surface area contributed by atoms with E-state index in [2.05, 4.69) is 16.8 Å². The number of halogens is 1. The van der Waals surface area contributed by atoms with Gasteiger partial charge in [-0.3, -0.25) is 4.99 Å². The van der Waals surface area contributed by atoms with E-state index in [-0.39, 0.29) is 0 Å². The smallest absolute Gasteiger partial charge is 0.118 e. The van der Waals surface area contributed by atoms with Crippen LogP contribution in [0.25, 0.3) is 0 Å². The minimum Gasteiger partial charge on any atom is -0.497 e. The Bertz CT molecular complexity index is 651. The molecule has 0 saturated carbocycles. The van der Waals surface area contributed by atoms with Gasteiger partial charge in [0.05, 0.1) is 7.11 Å². The quantitative estimate of drug-likeness (QED) is 0.620. The molecule has 3 heteroatoms. The molecule has 2 nitrogen and oxygen atoms in total. The molecule has 0 heterocycles.